The van der Waals surface area contributed by atoms with Gasteiger partial charge in [-0.2, -0.15) is 0 Å². The van der Waals surface area contributed by atoms with Gasteiger partial charge in [0.25, 0.3) is 5.91 Å². The van der Waals surface area contributed by atoms with Gasteiger partial charge < -0.3 is 10.1 Å². The fourth-order valence-electron chi connectivity index (χ4n) is 2.01. The number of carbonyl (C=O) groups excluding carboxylic acids is 2. The summed E-state index contributed by atoms with van der Waals surface area (Å²) in [7, 11) is 0. The fraction of sp³-hybridized carbons (Fsp3) is 0.263. The Kier molecular flexibility index (Phi) is 6.88. The second kappa shape index (κ2) is 9.13. The molecule has 2 aromatic carbocycles. The van der Waals surface area contributed by atoms with E-state index >= 15 is 0 Å². The zero-order chi connectivity index (χ0) is 17.4. The van der Waals surface area contributed by atoms with Crippen molar-refractivity contribution in [1.82, 2.24) is 5.32 Å². The summed E-state index contributed by atoms with van der Waals surface area (Å²) in [6.07, 6.45) is 0. The van der Waals surface area contributed by atoms with Crippen molar-refractivity contribution >= 4 is 23.6 Å². The average Bonchev–Trinajstić information content (AvgIpc) is 2.60. The van der Waals surface area contributed by atoms with E-state index in [-0.39, 0.29) is 12.5 Å². The Bertz CT molecular complexity index is 701. The molecule has 1 N–H and O–H groups in total. The number of hydrogen-bond donors (Lipinski definition) is 1. The predicted molar refractivity (Wildman–Crippen MR) is 96.4 cm³/mol. The number of hydrogen-bond acceptors (Lipinski definition) is 4. The van der Waals surface area contributed by atoms with Crippen LogP contribution in [0.2, 0.25) is 0 Å². The van der Waals surface area contributed by atoms with Crippen LogP contribution in [0.25, 0.3) is 0 Å². The molecule has 4 nitrogen and oxygen atoms in total. The highest BCUT2D eigenvalue weighted by Gasteiger charge is 2.10. The Hall–Kier alpha value is -2.27. The Morgan fingerprint density at radius 3 is 2.50 bits per heavy atom. The molecule has 0 heterocycles. The van der Waals surface area contributed by atoms with E-state index in [1.807, 2.05) is 50.2 Å². The van der Waals surface area contributed by atoms with Gasteiger partial charge in [-0.1, -0.05) is 24.3 Å². The van der Waals surface area contributed by atoms with Crippen LogP contribution < -0.4 is 5.32 Å². The molecule has 0 spiro atoms. The molecule has 0 aliphatic carbocycles. The number of rotatable bonds is 7. The minimum Gasteiger partial charge on any atom is -0.452 e. The van der Waals surface area contributed by atoms with Crippen LogP contribution in [0.4, 0.5) is 0 Å². The van der Waals surface area contributed by atoms with Crippen molar-refractivity contribution in [3.05, 3.63) is 65.2 Å². The molecule has 5 heteroatoms. The molecule has 0 bridgehead atoms. The summed E-state index contributed by atoms with van der Waals surface area (Å²) in [5, 5.41) is 2.74. The van der Waals surface area contributed by atoms with Crippen molar-refractivity contribution in [2.24, 2.45) is 0 Å². The standard InChI is InChI=1S/C19H21NO3S/c1-14-8-9-16(12-15(14)2)19(22)23-13-18(21)20-10-11-24-17-6-4-3-5-7-17/h3-9,12H,10-11,13H2,1-2H3,(H,20,21). The number of aryl methyl sites for hydroxylation is 2. The van der Waals surface area contributed by atoms with Crippen LogP contribution in [0, 0.1) is 13.8 Å². The fourth-order valence-corrected chi connectivity index (χ4v) is 2.80. The Labute approximate surface area is 146 Å². The van der Waals surface area contributed by atoms with Crippen LogP contribution >= 0.6 is 11.8 Å². The molecule has 0 atom stereocenters. The van der Waals surface area contributed by atoms with Gasteiger partial charge in [0.2, 0.25) is 0 Å². The summed E-state index contributed by atoms with van der Waals surface area (Å²) < 4.78 is 5.04. The number of esters is 1. The van der Waals surface area contributed by atoms with Gasteiger partial charge in [-0.25, -0.2) is 4.79 Å². The van der Waals surface area contributed by atoms with E-state index in [2.05, 4.69) is 5.32 Å². The average molecular weight is 343 g/mol. The quantitative estimate of drug-likeness (QED) is 0.476. The zero-order valence-corrected chi connectivity index (χ0v) is 14.7. The lowest BCUT2D eigenvalue weighted by Gasteiger charge is -2.08. The maximum atomic E-state index is 11.9. The molecule has 0 fully saturated rings. The van der Waals surface area contributed by atoms with E-state index in [1.165, 1.54) is 0 Å². The van der Waals surface area contributed by atoms with Crippen molar-refractivity contribution in [1.29, 1.82) is 0 Å². The lowest BCUT2D eigenvalue weighted by atomic mass is 10.1. The van der Waals surface area contributed by atoms with Crippen molar-refractivity contribution in [2.45, 2.75) is 18.7 Å². The molecule has 2 aromatic rings. The molecule has 2 rings (SSSR count). The number of carbonyl (C=O) groups is 2. The highest BCUT2D eigenvalue weighted by atomic mass is 32.2. The summed E-state index contributed by atoms with van der Waals surface area (Å²) in [5.41, 5.74) is 2.59. The van der Waals surface area contributed by atoms with Gasteiger partial charge in [0.15, 0.2) is 6.61 Å². The monoisotopic (exact) mass is 343 g/mol. The molecule has 0 saturated heterocycles. The smallest absolute Gasteiger partial charge is 0.338 e. The Balaban J connectivity index is 1.67. The topological polar surface area (TPSA) is 55.4 Å². The van der Waals surface area contributed by atoms with Crippen LogP contribution in [0.5, 0.6) is 0 Å². The minimum atomic E-state index is -0.480. The van der Waals surface area contributed by atoms with E-state index in [4.69, 9.17) is 4.74 Å². The summed E-state index contributed by atoms with van der Waals surface area (Å²) in [6, 6.07) is 15.3. The van der Waals surface area contributed by atoms with Crippen molar-refractivity contribution in [2.75, 3.05) is 18.9 Å². The van der Waals surface area contributed by atoms with Crippen molar-refractivity contribution in [3.63, 3.8) is 0 Å². The molecular weight excluding hydrogens is 322 g/mol. The molecule has 0 radical (unpaired) electrons. The maximum Gasteiger partial charge on any atom is 0.338 e. The van der Waals surface area contributed by atoms with Gasteiger partial charge in [0.05, 0.1) is 5.56 Å². The molecule has 24 heavy (non-hydrogen) atoms. The molecular formula is C19H21NO3S. The molecule has 0 aliphatic heterocycles. The minimum absolute atomic E-state index is 0.262. The first-order valence-corrected chi connectivity index (χ1v) is 8.74. The predicted octanol–water partition coefficient (Wildman–Crippen LogP) is 3.37. The van der Waals surface area contributed by atoms with E-state index in [1.54, 1.807) is 23.9 Å². The van der Waals surface area contributed by atoms with Gasteiger partial charge >= 0.3 is 5.97 Å². The largest absolute Gasteiger partial charge is 0.452 e. The van der Waals surface area contributed by atoms with E-state index < -0.39 is 5.97 Å². The highest BCUT2D eigenvalue weighted by molar-refractivity contribution is 7.99. The third-order valence-corrected chi connectivity index (χ3v) is 4.53. The van der Waals surface area contributed by atoms with Crippen LogP contribution in [0.3, 0.4) is 0 Å². The van der Waals surface area contributed by atoms with Crippen LogP contribution in [-0.2, 0) is 9.53 Å². The van der Waals surface area contributed by atoms with Crippen molar-refractivity contribution in [3.8, 4) is 0 Å². The van der Waals surface area contributed by atoms with E-state index in [0.29, 0.717) is 12.1 Å². The normalized spacial score (nSPS) is 10.2. The van der Waals surface area contributed by atoms with Gasteiger partial charge in [0, 0.05) is 17.2 Å². The van der Waals surface area contributed by atoms with Crippen LogP contribution in [-0.4, -0.2) is 30.8 Å². The zero-order valence-electron chi connectivity index (χ0n) is 13.9. The maximum absolute atomic E-state index is 11.9. The number of ether oxygens (including phenoxy) is 1. The Morgan fingerprint density at radius 1 is 1.04 bits per heavy atom. The molecule has 1 amide bonds. The number of thioether (sulfide) groups is 1. The molecule has 0 saturated carbocycles. The van der Waals surface area contributed by atoms with Crippen LogP contribution in [0.1, 0.15) is 21.5 Å². The van der Waals surface area contributed by atoms with E-state index in [0.717, 1.165) is 21.8 Å². The number of benzene rings is 2. The first-order valence-electron chi connectivity index (χ1n) is 7.75. The molecule has 0 aliphatic rings. The second-order valence-corrected chi connectivity index (χ2v) is 6.55. The van der Waals surface area contributed by atoms with Gasteiger partial charge in [-0.05, 0) is 49.2 Å². The lowest BCUT2D eigenvalue weighted by Crippen LogP contribution is -2.30. The third-order valence-electron chi connectivity index (χ3n) is 3.51. The third kappa shape index (κ3) is 5.74. The summed E-state index contributed by atoms with van der Waals surface area (Å²) in [6.45, 7) is 4.18. The number of nitrogens with one attached hydrogen (secondary N) is 1. The van der Waals surface area contributed by atoms with Gasteiger partial charge in [-0.15, -0.1) is 11.8 Å². The molecule has 0 aromatic heterocycles. The first-order chi connectivity index (χ1) is 11.6. The van der Waals surface area contributed by atoms with Crippen LogP contribution in [0.15, 0.2) is 53.4 Å². The SMILES string of the molecule is Cc1ccc(C(=O)OCC(=O)NCCSc2ccccc2)cc1C. The molecule has 126 valence electrons. The van der Waals surface area contributed by atoms with Crippen molar-refractivity contribution < 1.29 is 14.3 Å². The second-order valence-electron chi connectivity index (χ2n) is 5.39. The number of amides is 1. The van der Waals surface area contributed by atoms with Gasteiger partial charge in [-0.3, -0.25) is 4.79 Å². The highest BCUT2D eigenvalue weighted by Crippen LogP contribution is 2.15. The summed E-state index contributed by atoms with van der Waals surface area (Å²) in [4.78, 5) is 24.8. The summed E-state index contributed by atoms with van der Waals surface area (Å²) in [5.74, 6) is -0.00586. The molecule has 0 unspecified atom stereocenters. The lowest BCUT2D eigenvalue weighted by molar-refractivity contribution is -0.124. The summed E-state index contributed by atoms with van der Waals surface area (Å²) >= 11 is 1.66. The van der Waals surface area contributed by atoms with E-state index in [9.17, 15) is 9.59 Å². The van der Waals surface area contributed by atoms with Gasteiger partial charge in [0.1, 0.15) is 0 Å². The Morgan fingerprint density at radius 2 is 1.79 bits per heavy atom. The first kappa shape index (κ1) is 18.1.